The van der Waals surface area contributed by atoms with Gasteiger partial charge in [-0.05, 0) is 57.4 Å². The Balaban J connectivity index is 1.83. The molecule has 0 saturated heterocycles. The number of methoxy groups -OCH3 is 2. The van der Waals surface area contributed by atoms with Gasteiger partial charge in [-0.25, -0.2) is 0 Å². The van der Waals surface area contributed by atoms with Crippen LogP contribution in [0.3, 0.4) is 0 Å². The Hall–Kier alpha value is -3.91. The highest BCUT2D eigenvalue weighted by Gasteiger charge is 2.11. The van der Waals surface area contributed by atoms with Crippen molar-refractivity contribution in [3.8, 4) is 11.5 Å². The molecule has 8 heteroatoms. The van der Waals surface area contributed by atoms with E-state index in [4.69, 9.17) is 9.47 Å². The van der Waals surface area contributed by atoms with Crippen molar-refractivity contribution in [2.24, 2.45) is 0 Å². The Morgan fingerprint density at radius 2 is 1.73 bits per heavy atom. The molecule has 0 saturated carbocycles. The molecule has 0 bridgehead atoms. The molecule has 0 fully saturated rings. The predicted octanol–water partition coefficient (Wildman–Crippen LogP) is 6.14. The molecule has 0 aliphatic carbocycles. The van der Waals surface area contributed by atoms with Crippen molar-refractivity contribution < 1.29 is 19.2 Å². The molecule has 1 N–H and O–H groups in total. The fraction of sp³-hybridized carbons (Fsp3) is 0.0800. The summed E-state index contributed by atoms with van der Waals surface area (Å²) in [5, 5.41) is 13.7. The van der Waals surface area contributed by atoms with Gasteiger partial charge in [0.15, 0.2) is 0 Å². The van der Waals surface area contributed by atoms with Crippen LogP contribution in [0.1, 0.15) is 27.0 Å². The van der Waals surface area contributed by atoms with E-state index in [9.17, 15) is 14.9 Å². The number of ether oxygens (including phenoxy) is 2. The van der Waals surface area contributed by atoms with Crippen LogP contribution in [0.25, 0.3) is 18.2 Å². The van der Waals surface area contributed by atoms with Crippen LogP contribution in [-0.4, -0.2) is 25.1 Å². The lowest BCUT2D eigenvalue weighted by molar-refractivity contribution is -0.400. The second-order valence-corrected chi connectivity index (χ2v) is 7.68. The SMILES string of the molecule is COc1cc(/C=C/c2ccc(NC(=O)c3ccccc3Br)cc2)c(/C=C/[N+](=O)[O-])c(OC)c1. The van der Waals surface area contributed by atoms with Gasteiger partial charge in [0.05, 0.1) is 24.7 Å². The summed E-state index contributed by atoms with van der Waals surface area (Å²) in [5.74, 6) is 0.809. The Labute approximate surface area is 199 Å². The fourth-order valence-corrected chi connectivity index (χ4v) is 3.53. The summed E-state index contributed by atoms with van der Waals surface area (Å²) in [4.78, 5) is 22.7. The Morgan fingerprint density at radius 1 is 1.00 bits per heavy atom. The van der Waals surface area contributed by atoms with Gasteiger partial charge in [0, 0.05) is 27.9 Å². The number of hydrogen-bond acceptors (Lipinski definition) is 5. The van der Waals surface area contributed by atoms with Gasteiger partial charge in [0.2, 0.25) is 6.20 Å². The van der Waals surface area contributed by atoms with Gasteiger partial charge < -0.3 is 14.8 Å². The number of halogens is 1. The minimum absolute atomic E-state index is 0.212. The van der Waals surface area contributed by atoms with Crippen LogP contribution in [0.15, 0.2) is 71.3 Å². The number of nitro groups is 1. The molecule has 0 spiro atoms. The third kappa shape index (κ3) is 6.30. The first-order valence-corrected chi connectivity index (χ1v) is 10.6. The lowest BCUT2D eigenvalue weighted by atomic mass is 10.0. The first-order chi connectivity index (χ1) is 15.9. The summed E-state index contributed by atoms with van der Waals surface area (Å²) in [6.45, 7) is 0. The zero-order valence-corrected chi connectivity index (χ0v) is 19.5. The van der Waals surface area contributed by atoms with Gasteiger partial charge in [-0.1, -0.05) is 36.4 Å². The molecule has 0 atom stereocenters. The molecule has 3 aromatic rings. The lowest BCUT2D eigenvalue weighted by Gasteiger charge is -2.11. The van der Waals surface area contributed by atoms with E-state index in [2.05, 4.69) is 21.2 Å². The predicted molar refractivity (Wildman–Crippen MR) is 133 cm³/mol. The minimum Gasteiger partial charge on any atom is -0.497 e. The fourth-order valence-electron chi connectivity index (χ4n) is 3.07. The molecule has 1 amide bonds. The minimum atomic E-state index is -0.530. The highest BCUT2D eigenvalue weighted by Crippen LogP contribution is 2.31. The van der Waals surface area contributed by atoms with Gasteiger partial charge in [-0.2, -0.15) is 0 Å². The van der Waals surface area contributed by atoms with Crippen molar-refractivity contribution in [3.63, 3.8) is 0 Å². The van der Waals surface area contributed by atoms with Crippen molar-refractivity contribution in [1.82, 2.24) is 0 Å². The van der Waals surface area contributed by atoms with Gasteiger partial charge in [-0.15, -0.1) is 0 Å². The summed E-state index contributed by atoms with van der Waals surface area (Å²) in [6.07, 6.45) is 5.93. The van der Waals surface area contributed by atoms with E-state index in [1.165, 1.54) is 20.3 Å². The summed E-state index contributed by atoms with van der Waals surface area (Å²) in [7, 11) is 3.03. The maximum atomic E-state index is 12.5. The lowest BCUT2D eigenvalue weighted by Crippen LogP contribution is -2.12. The van der Waals surface area contributed by atoms with E-state index < -0.39 is 4.92 Å². The number of amides is 1. The molecular weight excluding hydrogens is 488 g/mol. The molecule has 3 rings (SSSR count). The number of nitrogens with one attached hydrogen (secondary N) is 1. The molecule has 7 nitrogen and oxygen atoms in total. The van der Waals surface area contributed by atoms with Crippen LogP contribution in [0.5, 0.6) is 11.5 Å². The molecule has 0 aromatic heterocycles. The van der Waals surface area contributed by atoms with Crippen molar-refractivity contribution in [2.45, 2.75) is 0 Å². The topological polar surface area (TPSA) is 90.7 Å². The number of carbonyl (C=O) groups excluding carboxylic acids is 1. The van der Waals surface area contributed by atoms with Crippen LogP contribution >= 0.6 is 15.9 Å². The molecular formula is C25H21BrN2O5. The number of nitrogens with zero attached hydrogens (tertiary/aromatic N) is 1. The third-order valence-electron chi connectivity index (χ3n) is 4.71. The number of rotatable bonds is 8. The average molecular weight is 509 g/mol. The quantitative estimate of drug-likeness (QED) is 0.224. The normalized spacial score (nSPS) is 11.0. The van der Waals surface area contributed by atoms with Crippen LogP contribution in [0, 0.1) is 10.1 Å². The molecule has 3 aromatic carbocycles. The molecule has 168 valence electrons. The average Bonchev–Trinajstić information content (AvgIpc) is 2.82. The zero-order valence-electron chi connectivity index (χ0n) is 17.9. The monoisotopic (exact) mass is 508 g/mol. The van der Waals surface area contributed by atoms with Crippen LogP contribution in [0.4, 0.5) is 5.69 Å². The largest absolute Gasteiger partial charge is 0.497 e. The van der Waals surface area contributed by atoms with Crippen LogP contribution < -0.4 is 14.8 Å². The molecule has 0 heterocycles. The van der Waals surface area contributed by atoms with Crippen molar-refractivity contribution >= 4 is 45.8 Å². The molecule has 0 radical (unpaired) electrons. The van der Waals surface area contributed by atoms with Gasteiger partial charge >= 0.3 is 0 Å². The van der Waals surface area contributed by atoms with Gasteiger partial charge in [0.25, 0.3) is 5.91 Å². The van der Waals surface area contributed by atoms with Crippen molar-refractivity contribution in [1.29, 1.82) is 0 Å². The second kappa shape index (κ2) is 11.1. The van der Waals surface area contributed by atoms with Gasteiger partial charge in [-0.3, -0.25) is 14.9 Å². The van der Waals surface area contributed by atoms with E-state index in [0.29, 0.717) is 33.9 Å². The van der Waals surface area contributed by atoms with Crippen LogP contribution in [0.2, 0.25) is 0 Å². The van der Waals surface area contributed by atoms with Crippen molar-refractivity contribution in [3.05, 3.63) is 104 Å². The van der Waals surface area contributed by atoms with E-state index >= 15 is 0 Å². The third-order valence-corrected chi connectivity index (χ3v) is 5.40. The first kappa shape index (κ1) is 23.7. The summed E-state index contributed by atoms with van der Waals surface area (Å²) >= 11 is 3.38. The molecule has 0 unspecified atom stereocenters. The first-order valence-electron chi connectivity index (χ1n) is 9.83. The van der Waals surface area contributed by atoms with Crippen LogP contribution in [-0.2, 0) is 0 Å². The zero-order chi connectivity index (χ0) is 23.8. The Kier molecular flexibility index (Phi) is 7.99. The Morgan fingerprint density at radius 3 is 2.36 bits per heavy atom. The number of benzene rings is 3. The Bertz CT molecular complexity index is 1220. The van der Waals surface area contributed by atoms with Crippen molar-refractivity contribution in [2.75, 3.05) is 19.5 Å². The maximum Gasteiger partial charge on any atom is 0.256 e. The number of anilines is 1. The summed E-state index contributed by atoms with van der Waals surface area (Å²) < 4.78 is 11.4. The van der Waals surface area contributed by atoms with Gasteiger partial charge in [0.1, 0.15) is 11.5 Å². The summed E-state index contributed by atoms with van der Waals surface area (Å²) in [6, 6.07) is 17.9. The second-order valence-electron chi connectivity index (χ2n) is 6.82. The molecule has 33 heavy (non-hydrogen) atoms. The number of hydrogen-bond donors (Lipinski definition) is 1. The van der Waals surface area contributed by atoms with E-state index in [1.54, 1.807) is 36.4 Å². The maximum absolute atomic E-state index is 12.5. The summed E-state index contributed by atoms with van der Waals surface area (Å²) in [5.41, 5.74) is 3.33. The van der Waals surface area contributed by atoms with E-state index in [-0.39, 0.29) is 5.91 Å². The van der Waals surface area contributed by atoms with E-state index in [0.717, 1.165) is 16.2 Å². The highest BCUT2D eigenvalue weighted by atomic mass is 79.9. The smallest absolute Gasteiger partial charge is 0.256 e. The highest BCUT2D eigenvalue weighted by molar-refractivity contribution is 9.10. The standard InChI is InChI=1S/C25H21BrN2O5/c1-32-20-15-18(21(13-14-28(30)31)24(16-20)33-2)10-7-17-8-11-19(12-9-17)27-25(29)22-5-3-4-6-23(22)26/h3-16H,1-2H3,(H,27,29)/b10-7+,14-13+. The number of carbonyl (C=O) groups is 1. The van der Waals surface area contributed by atoms with E-state index in [1.807, 2.05) is 36.4 Å². The molecule has 0 aliphatic heterocycles. The molecule has 0 aliphatic rings.